The fourth-order valence-electron chi connectivity index (χ4n) is 7.42. The van der Waals surface area contributed by atoms with Crippen LogP contribution in [-0.4, -0.2) is 146 Å². The van der Waals surface area contributed by atoms with Crippen LogP contribution in [0.3, 0.4) is 0 Å². The Morgan fingerprint density at radius 3 is 1.41 bits per heavy atom. The van der Waals surface area contributed by atoms with E-state index in [-0.39, 0.29) is 169 Å². The number of aromatic nitrogens is 12. The van der Waals surface area contributed by atoms with Crippen LogP contribution in [0.15, 0.2) is 52.5 Å². The Hall–Kier alpha value is -6.25. The number of tetrazole rings is 3. The quantitative estimate of drug-likeness (QED) is 0.0252. The summed E-state index contributed by atoms with van der Waals surface area (Å²) >= 11 is 9.42. The van der Waals surface area contributed by atoms with Gasteiger partial charge in [0.25, 0.3) is 6.47 Å². The van der Waals surface area contributed by atoms with Gasteiger partial charge in [-0.05, 0) is 57.3 Å². The standard InChI is InChI=1S/2C16H12F2N4O4S.C9H7ClF2O2.C7H6N4O2S.CH2O3.2K.H/c1-24-16(23)8-4-10(17)9(11(18)5-8)6-22-15(19-20-21-22)14-13-12(7-27-14)25-2-3-26-13;1-24-16(23)8-4-10(17)9(11(18)5-8)6-22-20-15(19-21-22)14-13-12(7-27-14)25-2-3-26-13;1-14-9(13)5-2-7(11)6(4-10)8(12)3-5;1-2-13-5-4(12-1)3-14-6(5)7-8-10-11-9-7;2-1-4-3;;;/h2*4-5,7H,2-3,6H2,1H3;2-3H,4H2,1H3;3H,1-2H2,(H,8,9,10,11);1,3H;;;/q;;;;;2*+1;-1/p-1. The molecule has 0 atom stereocenters. The number of halogens is 7. The third-order valence-corrected chi connectivity index (χ3v) is 14.4. The van der Waals surface area contributed by atoms with Crippen LogP contribution in [0.5, 0.6) is 34.5 Å². The summed E-state index contributed by atoms with van der Waals surface area (Å²) in [5, 5.41) is 50.8. The zero-order valence-corrected chi connectivity index (χ0v) is 55.5. The van der Waals surface area contributed by atoms with Crippen LogP contribution in [0.1, 0.15) is 49.2 Å². The van der Waals surface area contributed by atoms with Crippen LogP contribution in [0.2, 0.25) is 0 Å². The smallest absolute Gasteiger partial charge is 1.00 e. The van der Waals surface area contributed by atoms with Crippen LogP contribution < -0.4 is 136 Å². The van der Waals surface area contributed by atoms with E-state index in [4.69, 9.17) is 50.1 Å². The number of benzene rings is 3. The number of nitrogens with zero attached hydrogens (tertiary/aromatic N) is 11. The summed E-state index contributed by atoms with van der Waals surface area (Å²) in [7, 11) is 3.39. The SMILES string of the molecule is COC(=O)c1cc(F)c(CCl)c(F)c1.COC(=O)c1cc(F)c(Cn2nnc(-c3scc4c3OCCO4)n2)c(F)c1.COC(=O)c1cc(F)c(Cn2nnnc2-c2scc3c2OCCO3)c(F)c1.O=CO[O-].[H-].[K+].[K+].c1sc(-c2nn[nH]n2)c2c1OCCO2. The van der Waals surface area contributed by atoms with Crippen molar-refractivity contribution in [1.29, 1.82) is 0 Å². The number of fused-ring (bicyclic) bond motifs is 3. The number of H-pyrrole nitrogens is 1. The molecule has 0 fully saturated rings. The molecule has 0 bridgehead atoms. The summed E-state index contributed by atoms with van der Waals surface area (Å²) < 4.78 is 131. The molecule has 0 unspecified atom stereocenters. The molecular weight excluding hydrogens is 1320 g/mol. The van der Waals surface area contributed by atoms with Crippen LogP contribution in [-0.2, 0) is 42.9 Å². The van der Waals surface area contributed by atoms with E-state index in [1.165, 1.54) is 38.7 Å². The van der Waals surface area contributed by atoms with Crippen LogP contribution >= 0.6 is 45.6 Å². The molecular formula is C49H39ClF6K2N12O15S3. The number of ether oxygens (including phenoxy) is 9. The molecule has 3 aromatic carbocycles. The largest absolute Gasteiger partial charge is 1.00 e. The summed E-state index contributed by atoms with van der Waals surface area (Å²) in [6, 6.07) is 5.43. The number of nitrogens with one attached hydrogen (secondary N) is 1. The minimum absolute atomic E-state index is 0. The number of hydrogen-bond acceptors (Lipinski definition) is 27. The molecule has 27 nitrogen and oxygen atoms in total. The Labute approximate surface area is 594 Å². The second kappa shape index (κ2) is 34.1. The van der Waals surface area contributed by atoms with Gasteiger partial charge in [-0.2, -0.15) is 10.0 Å². The first-order valence-corrected chi connectivity index (χ1v) is 27.2. The van der Waals surface area contributed by atoms with E-state index in [1.807, 2.05) is 5.38 Å². The molecule has 3 aliphatic heterocycles. The Bertz CT molecular complexity index is 3800. The molecule has 3 aliphatic rings. The first-order valence-electron chi connectivity index (χ1n) is 24.0. The van der Waals surface area contributed by atoms with Crippen molar-refractivity contribution < 1.29 is 202 Å². The van der Waals surface area contributed by atoms with Gasteiger partial charge in [0.2, 0.25) is 11.6 Å². The van der Waals surface area contributed by atoms with Gasteiger partial charge in [0.05, 0.1) is 57.0 Å². The molecule has 9 aromatic rings. The average Bonchev–Trinajstić information content (AvgIpc) is 2.13. The van der Waals surface area contributed by atoms with E-state index in [1.54, 1.807) is 10.8 Å². The Kier molecular flexibility index (Phi) is 27.4. The molecule has 39 heteroatoms. The van der Waals surface area contributed by atoms with Crippen molar-refractivity contribution in [3.05, 3.63) is 121 Å². The van der Waals surface area contributed by atoms with Crippen molar-refractivity contribution >= 4 is 70.0 Å². The Morgan fingerprint density at radius 1 is 0.602 bits per heavy atom. The number of carbonyl (C=O) groups is 4. The second-order valence-electron chi connectivity index (χ2n) is 16.5. The Balaban J connectivity index is 0.000000217. The Morgan fingerprint density at radius 2 is 1.00 bits per heavy atom. The number of esters is 3. The van der Waals surface area contributed by atoms with Gasteiger partial charge in [-0.3, -0.25) is 4.79 Å². The van der Waals surface area contributed by atoms with Gasteiger partial charge in [-0.25, -0.2) is 45.4 Å². The van der Waals surface area contributed by atoms with Gasteiger partial charge >= 0.3 is 121 Å². The van der Waals surface area contributed by atoms with Gasteiger partial charge < -0.3 is 54.2 Å². The van der Waals surface area contributed by atoms with E-state index >= 15 is 0 Å². The summed E-state index contributed by atoms with van der Waals surface area (Å²) in [5.74, 6) is -3.21. The van der Waals surface area contributed by atoms with Crippen molar-refractivity contribution in [2.45, 2.75) is 19.0 Å². The fourth-order valence-corrected chi connectivity index (χ4v) is 10.3. The van der Waals surface area contributed by atoms with E-state index in [9.17, 15) is 40.7 Å². The van der Waals surface area contributed by atoms with E-state index in [2.05, 4.69) is 70.7 Å². The van der Waals surface area contributed by atoms with Gasteiger partial charge in [0.1, 0.15) is 89.2 Å². The van der Waals surface area contributed by atoms with E-state index in [0.717, 1.165) is 78.9 Å². The molecule has 0 saturated carbocycles. The minimum Gasteiger partial charge on any atom is -1.00 e. The first-order chi connectivity index (χ1) is 41.6. The van der Waals surface area contributed by atoms with Crippen molar-refractivity contribution in [1.82, 2.24) is 61.0 Å². The molecule has 0 amide bonds. The number of thiophene rings is 3. The topological polar surface area (TPSA) is 325 Å². The molecule has 88 heavy (non-hydrogen) atoms. The fraction of sp³-hybridized carbons (Fsp3) is 0.245. The number of carbonyl (C=O) groups excluding carboxylic acids is 4. The maximum Gasteiger partial charge on any atom is 1.00 e. The van der Waals surface area contributed by atoms with Crippen molar-refractivity contribution in [2.75, 3.05) is 61.0 Å². The first kappa shape index (κ1) is 70.8. The molecule has 0 aliphatic carbocycles. The van der Waals surface area contributed by atoms with E-state index < -0.39 is 52.8 Å². The number of aromatic amines is 1. The van der Waals surface area contributed by atoms with Crippen molar-refractivity contribution in [3.8, 4) is 66.6 Å². The molecule has 0 spiro atoms. The predicted octanol–water partition coefficient (Wildman–Crippen LogP) is 0.317. The molecule has 0 saturated heterocycles. The van der Waals surface area contributed by atoms with Crippen LogP contribution in [0.25, 0.3) is 32.1 Å². The monoisotopic (exact) mass is 1360 g/mol. The van der Waals surface area contributed by atoms with Gasteiger partial charge in [0, 0.05) is 32.8 Å². The maximum atomic E-state index is 14.4. The summed E-state index contributed by atoms with van der Waals surface area (Å²) in [4.78, 5) is 48.2. The summed E-state index contributed by atoms with van der Waals surface area (Å²) in [5.41, 5.74) is -1.43. The zero-order valence-electron chi connectivity index (χ0n) is 47.1. The third kappa shape index (κ3) is 17.4. The predicted molar refractivity (Wildman–Crippen MR) is 282 cm³/mol. The van der Waals surface area contributed by atoms with Gasteiger partial charge in [-0.1, -0.05) is 0 Å². The minimum atomic E-state index is -0.903. The van der Waals surface area contributed by atoms with E-state index in [0.29, 0.717) is 84.0 Å². The second-order valence-corrected chi connectivity index (χ2v) is 19.4. The average molecular weight is 1360 g/mol. The van der Waals surface area contributed by atoms with Gasteiger partial charge in [0.15, 0.2) is 40.3 Å². The molecule has 6 aromatic heterocycles. The summed E-state index contributed by atoms with van der Waals surface area (Å²) in [6.07, 6.45) is 0. The number of alkyl halides is 1. The third-order valence-electron chi connectivity index (χ3n) is 11.3. The molecule has 1 N–H and O–H groups in total. The molecule has 12 rings (SSSR count). The zero-order chi connectivity index (χ0) is 61.4. The number of hydrogen-bond donors (Lipinski definition) is 1. The maximum absolute atomic E-state index is 14.4. The van der Waals surface area contributed by atoms with Gasteiger partial charge in [-0.15, -0.1) is 71.1 Å². The number of rotatable bonds is 12. The normalized spacial score (nSPS) is 12.0. The molecule has 454 valence electrons. The van der Waals surface area contributed by atoms with Crippen molar-refractivity contribution in [3.63, 3.8) is 0 Å². The van der Waals surface area contributed by atoms with Crippen molar-refractivity contribution in [2.24, 2.45) is 0 Å². The van der Waals surface area contributed by atoms with Crippen LogP contribution in [0, 0.1) is 34.9 Å². The summed E-state index contributed by atoms with van der Waals surface area (Å²) in [6.45, 7) is 2.11. The molecule has 0 radical (unpaired) electrons. The molecule has 9 heterocycles. The van der Waals surface area contributed by atoms with Crippen LogP contribution in [0.4, 0.5) is 26.3 Å². The number of methoxy groups -OCH3 is 3.